The van der Waals surface area contributed by atoms with Crippen LogP contribution in [0.4, 0.5) is 13.2 Å². The van der Waals surface area contributed by atoms with Crippen molar-refractivity contribution in [2.75, 3.05) is 0 Å². The molecule has 0 saturated heterocycles. The van der Waals surface area contributed by atoms with E-state index in [0.29, 0.717) is 11.4 Å². The zero-order valence-corrected chi connectivity index (χ0v) is 14.8. The quantitative estimate of drug-likeness (QED) is 0.682. The van der Waals surface area contributed by atoms with E-state index in [9.17, 15) is 18.0 Å². The second kappa shape index (κ2) is 7.63. The minimum Gasteiger partial charge on any atom is -0.366 e. The molecule has 28 heavy (non-hydrogen) atoms. The summed E-state index contributed by atoms with van der Waals surface area (Å²) in [5, 5.41) is 11.8. The molecule has 2 aromatic carbocycles. The molecule has 0 aliphatic rings. The largest absolute Gasteiger partial charge is 0.416 e. The first-order valence-corrected chi connectivity index (χ1v) is 8.23. The van der Waals surface area contributed by atoms with Gasteiger partial charge in [0.15, 0.2) is 0 Å². The summed E-state index contributed by atoms with van der Waals surface area (Å²) >= 11 is 0. The average Bonchev–Trinajstić information content (AvgIpc) is 3.08. The molecule has 3 rings (SSSR count). The lowest BCUT2D eigenvalue weighted by Gasteiger charge is -2.08. The predicted octanol–water partition coefficient (Wildman–Crippen LogP) is 3.01. The molecule has 1 amide bonds. The van der Waals surface area contributed by atoms with Gasteiger partial charge in [0.25, 0.3) is 0 Å². The number of amides is 1. The normalized spacial score (nSPS) is 12.2. The van der Waals surface area contributed by atoms with E-state index in [2.05, 4.69) is 15.4 Å². The molecule has 144 valence electrons. The number of hydrogen-bond donors (Lipinski definition) is 1. The molecule has 1 heterocycles. The number of benzene rings is 2. The number of aryl methyl sites for hydroxylation is 1. The van der Waals surface area contributed by atoms with Gasteiger partial charge in [0.2, 0.25) is 11.7 Å². The topological polar surface area (TPSA) is 86.7 Å². The van der Waals surface area contributed by atoms with Gasteiger partial charge in [0.1, 0.15) is 0 Å². The van der Waals surface area contributed by atoms with Crippen molar-refractivity contribution in [1.82, 2.24) is 20.2 Å². The minimum atomic E-state index is -4.41. The summed E-state index contributed by atoms with van der Waals surface area (Å²) < 4.78 is 38.0. The zero-order valence-electron chi connectivity index (χ0n) is 14.8. The van der Waals surface area contributed by atoms with Crippen LogP contribution in [0.3, 0.4) is 0 Å². The zero-order chi connectivity index (χ0) is 20.3. The number of hydrogen-bond acceptors (Lipinski definition) is 4. The molecule has 9 heteroatoms. The van der Waals surface area contributed by atoms with Gasteiger partial charge in [0.05, 0.1) is 12.6 Å². The summed E-state index contributed by atoms with van der Waals surface area (Å²) in [4.78, 5) is 13.1. The van der Waals surface area contributed by atoms with Crippen LogP contribution in [-0.2, 0) is 24.4 Å². The van der Waals surface area contributed by atoms with Gasteiger partial charge in [-0.3, -0.25) is 4.79 Å². The molecule has 3 aromatic rings. The predicted molar refractivity (Wildman–Crippen MR) is 96.6 cm³/mol. The molecule has 0 spiro atoms. The van der Waals surface area contributed by atoms with Crippen molar-refractivity contribution in [3.8, 4) is 11.4 Å². The van der Waals surface area contributed by atoms with Crippen LogP contribution in [0, 0.1) is 0 Å². The number of primary amides is 1. The number of rotatable bonds is 5. The van der Waals surface area contributed by atoms with Crippen LogP contribution in [-0.4, -0.2) is 26.1 Å². The van der Waals surface area contributed by atoms with E-state index in [0.717, 1.165) is 23.3 Å². The molecular formula is C19H16F3N5O. The highest BCUT2D eigenvalue weighted by Crippen LogP contribution is 2.29. The minimum absolute atomic E-state index is 0.241. The summed E-state index contributed by atoms with van der Waals surface area (Å²) in [6, 6.07) is 11.7. The van der Waals surface area contributed by atoms with E-state index in [1.165, 1.54) is 23.0 Å². The Morgan fingerprint density at radius 1 is 1.11 bits per heavy atom. The van der Waals surface area contributed by atoms with Gasteiger partial charge >= 0.3 is 6.18 Å². The highest BCUT2D eigenvalue weighted by Gasteiger charge is 2.29. The smallest absolute Gasteiger partial charge is 0.366 e. The molecule has 0 aliphatic heterocycles. The van der Waals surface area contributed by atoms with E-state index >= 15 is 0 Å². The van der Waals surface area contributed by atoms with E-state index in [1.54, 1.807) is 31.3 Å². The number of nitrogens with two attached hydrogens (primary N) is 1. The summed E-state index contributed by atoms with van der Waals surface area (Å²) in [5.41, 5.74) is 7.01. The molecule has 6 nitrogen and oxygen atoms in total. The second-order valence-electron chi connectivity index (χ2n) is 6.13. The van der Waals surface area contributed by atoms with E-state index < -0.39 is 17.6 Å². The van der Waals surface area contributed by atoms with Crippen molar-refractivity contribution in [3.63, 3.8) is 0 Å². The van der Waals surface area contributed by atoms with Crippen LogP contribution in [0.2, 0.25) is 0 Å². The van der Waals surface area contributed by atoms with Crippen LogP contribution in [0.1, 0.15) is 16.7 Å². The molecule has 0 radical (unpaired) electrons. The summed E-state index contributed by atoms with van der Waals surface area (Å²) in [6.45, 7) is 0. The Labute approximate surface area is 158 Å². The van der Waals surface area contributed by atoms with E-state index in [-0.39, 0.29) is 12.0 Å². The molecule has 2 N–H and O–H groups in total. The monoisotopic (exact) mass is 387 g/mol. The molecule has 1 aromatic heterocycles. The Balaban J connectivity index is 1.79. The molecular weight excluding hydrogens is 371 g/mol. The Kier molecular flexibility index (Phi) is 5.25. The molecule has 0 unspecified atom stereocenters. The maximum Gasteiger partial charge on any atom is 0.416 e. The standard InChI is InChI=1S/C19H16F3N5O/c1-27-25-18(24-26-27)14-6-2-12(3-7-14)10-15(17(23)28)11-13-4-8-16(9-5-13)19(20,21)22/h2-9,11H,10H2,1H3,(H2,23,28). The Hall–Kier alpha value is -3.49. The Morgan fingerprint density at radius 2 is 1.75 bits per heavy atom. The number of halogens is 3. The van der Waals surface area contributed by atoms with Gasteiger partial charge in [0, 0.05) is 17.6 Å². The van der Waals surface area contributed by atoms with E-state index in [1.807, 2.05) is 0 Å². The first kappa shape index (κ1) is 19.3. The number of carbonyl (C=O) groups excluding carboxylic acids is 1. The Morgan fingerprint density at radius 3 is 2.25 bits per heavy atom. The third-order valence-electron chi connectivity index (χ3n) is 4.01. The number of alkyl halides is 3. The number of nitrogens with zero attached hydrogens (tertiary/aromatic N) is 4. The van der Waals surface area contributed by atoms with Gasteiger partial charge in [-0.1, -0.05) is 36.4 Å². The van der Waals surface area contributed by atoms with Crippen LogP contribution >= 0.6 is 0 Å². The lowest BCUT2D eigenvalue weighted by atomic mass is 10.0. The third-order valence-corrected chi connectivity index (χ3v) is 4.01. The molecule has 0 fully saturated rings. The highest BCUT2D eigenvalue weighted by molar-refractivity contribution is 5.97. The van der Waals surface area contributed by atoms with Gasteiger partial charge < -0.3 is 5.73 Å². The highest BCUT2D eigenvalue weighted by atomic mass is 19.4. The number of carbonyl (C=O) groups is 1. The summed E-state index contributed by atoms with van der Waals surface area (Å²) in [5.74, 6) is -0.163. The number of tetrazole rings is 1. The molecule has 0 bridgehead atoms. The van der Waals surface area contributed by atoms with Crippen molar-refractivity contribution in [3.05, 3.63) is 70.8 Å². The van der Waals surface area contributed by atoms with Crippen molar-refractivity contribution >= 4 is 12.0 Å². The summed E-state index contributed by atoms with van der Waals surface area (Å²) in [6.07, 6.45) is -2.68. The second-order valence-corrected chi connectivity index (χ2v) is 6.13. The average molecular weight is 387 g/mol. The maximum atomic E-state index is 12.7. The SMILES string of the molecule is Cn1nnc(-c2ccc(CC(=Cc3ccc(C(F)(F)F)cc3)C(N)=O)cc2)n1. The lowest BCUT2D eigenvalue weighted by Crippen LogP contribution is -2.15. The van der Waals surface area contributed by atoms with Crippen LogP contribution in [0.25, 0.3) is 17.5 Å². The first-order valence-electron chi connectivity index (χ1n) is 8.23. The van der Waals surface area contributed by atoms with Crippen LogP contribution in [0.15, 0.2) is 54.1 Å². The Bertz CT molecular complexity index is 1010. The van der Waals surface area contributed by atoms with Crippen molar-refractivity contribution in [2.24, 2.45) is 12.8 Å². The van der Waals surface area contributed by atoms with Crippen LogP contribution in [0.5, 0.6) is 0 Å². The number of aromatic nitrogens is 4. The van der Waals surface area contributed by atoms with Gasteiger partial charge in [-0.2, -0.15) is 18.0 Å². The van der Waals surface area contributed by atoms with Gasteiger partial charge in [-0.15, -0.1) is 10.2 Å². The first-order chi connectivity index (χ1) is 13.2. The van der Waals surface area contributed by atoms with Crippen molar-refractivity contribution < 1.29 is 18.0 Å². The van der Waals surface area contributed by atoms with Crippen molar-refractivity contribution in [1.29, 1.82) is 0 Å². The van der Waals surface area contributed by atoms with Gasteiger partial charge in [-0.25, -0.2) is 0 Å². The fraction of sp³-hybridized carbons (Fsp3) is 0.158. The molecule has 0 saturated carbocycles. The van der Waals surface area contributed by atoms with Crippen molar-refractivity contribution in [2.45, 2.75) is 12.6 Å². The molecule has 0 aliphatic carbocycles. The van der Waals surface area contributed by atoms with Gasteiger partial charge in [-0.05, 0) is 34.5 Å². The summed E-state index contributed by atoms with van der Waals surface area (Å²) in [7, 11) is 1.66. The molecule has 0 atom stereocenters. The third kappa shape index (κ3) is 4.61. The lowest BCUT2D eigenvalue weighted by molar-refractivity contribution is -0.137. The fourth-order valence-corrected chi connectivity index (χ4v) is 2.57. The van der Waals surface area contributed by atoms with E-state index in [4.69, 9.17) is 5.73 Å². The fourth-order valence-electron chi connectivity index (χ4n) is 2.57. The van der Waals surface area contributed by atoms with Crippen LogP contribution < -0.4 is 5.73 Å². The maximum absolute atomic E-state index is 12.7.